The first-order valence-electron chi connectivity index (χ1n) is 15.9. The van der Waals surface area contributed by atoms with Crippen LogP contribution in [0.15, 0.2) is 129 Å². The smallest absolute Gasteiger partial charge is 0.185 e. The van der Waals surface area contributed by atoms with E-state index in [9.17, 15) is 9.59 Å². The molecule has 0 radical (unpaired) electrons. The second-order valence-corrected chi connectivity index (χ2v) is 17.2. The van der Waals surface area contributed by atoms with Gasteiger partial charge in [-0.1, -0.05) is 168 Å². The Morgan fingerprint density at radius 2 is 1.02 bits per heavy atom. The summed E-state index contributed by atoms with van der Waals surface area (Å²) in [5, 5.41) is 0. The standard InChI is InChI=1S/2C21H25BrO/c1-7-21(5,6)18-13-15(14-9-8-10-16(22)11-14)12-17(19(18)23)20(2,3)4;1-7-21(5,6)17-13-14(15-10-8-9-11-18(15)22)12-16(19(17)23)20(2,3)4/h7-13,15H,1H2,2-6H3;7-14H,1H2,2-6H3. The molecule has 0 bridgehead atoms. The van der Waals surface area contributed by atoms with E-state index in [0.717, 1.165) is 31.2 Å². The number of halogens is 2. The molecule has 0 fully saturated rings. The molecule has 2 nitrogen and oxygen atoms in total. The fourth-order valence-electron chi connectivity index (χ4n) is 5.65. The van der Waals surface area contributed by atoms with Crippen molar-refractivity contribution in [2.45, 2.75) is 81.1 Å². The Balaban J connectivity index is 0.000000250. The summed E-state index contributed by atoms with van der Waals surface area (Å²) in [4.78, 5) is 26.1. The van der Waals surface area contributed by atoms with Crippen molar-refractivity contribution in [3.05, 3.63) is 141 Å². The maximum atomic E-state index is 13.0. The second kappa shape index (κ2) is 14.1. The molecule has 2 atom stereocenters. The highest BCUT2D eigenvalue weighted by atomic mass is 79.9. The molecule has 0 saturated heterocycles. The van der Waals surface area contributed by atoms with E-state index >= 15 is 0 Å². The minimum absolute atomic E-state index is 0.0896. The molecule has 4 rings (SSSR count). The van der Waals surface area contributed by atoms with E-state index in [1.807, 2.05) is 70.2 Å². The minimum Gasteiger partial charge on any atom is -0.289 e. The fourth-order valence-corrected chi connectivity index (χ4v) is 6.62. The zero-order chi connectivity index (χ0) is 34.8. The lowest BCUT2D eigenvalue weighted by molar-refractivity contribution is -0.114. The van der Waals surface area contributed by atoms with Gasteiger partial charge in [0.1, 0.15) is 0 Å². The first kappa shape index (κ1) is 37.6. The van der Waals surface area contributed by atoms with Crippen LogP contribution in [-0.2, 0) is 9.59 Å². The lowest BCUT2D eigenvalue weighted by Crippen LogP contribution is -2.29. The van der Waals surface area contributed by atoms with Crippen LogP contribution in [0.1, 0.15) is 92.2 Å². The molecule has 0 spiro atoms. The fraction of sp³-hybridized carbons (Fsp3) is 0.381. The molecular formula is C42H50Br2O2. The maximum Gasteiger partial charge on any atom is 0.185 e. The van der Waals surface area contributed by atoms with Crippen LogP contribution in [0, 0.1) is 21.7 Å². The third-order valence-corrected chi connectivity index (χ3v) is 10.1. The number of carbonyl (C=O) groups is 2. The number of benzene rings is 2. The van der Waals surface area contributed by atoms with Crippen LogP contribution >= 0.6 is 31.9 Å². The SMILES string of the molecule is C=CC(C)(C)C1=CC(c2cccc(Br)c2)C=C(C(C)(C)C)C1=O.C=CC(C)(C)C1=CC(c2ccccc2Br)C=C(C(C)(C)C)C1=O. The predicted octanol–water partition coefficient (Wildman–Crippen LogP) is 12.5. The minimum atomic E-state index is -0.346. The van der Waals surface area contributed by atoms with Crippen molar-refractivity contribution >= 4 is 43.4 Å². The van der Waals surface area contributed by atoms with Gasteiger partial charge >= 0.3 is 0 Å². The Labute approximate surface area is 294 Å². The van der Waals surface area contributed by atoms with Gasteiger partial charge in [-0.05, 0) is 40.2 Å². The van der Waals surface area contributed by atoms with Crippen molar-refractivity contribution in [2.75, 3.05) is 0 Å². The van der Waals surface area contributed by atoms with Crippen molar-refractivity contribution in [1.29, 1.82) is 0 Å². The molecular weight excluding hydrogens is 696 g/mol. The van der Waals surface area contributed by atoms with Crippen molar-refractivity contribution in [3.63, 3.8) is 0 Å². The molecule has 2 aromatic carbocycles. The lowest BCUT2D eigenvalue weighted by Gasteiger charge is -2.33. The number of hydrogen-bond acceptors (Lipinski definition) is 2. The number of allylic oxidation sites excluding steroid dienone is 10. The van der Waals surface area contributed by atoms with Crippen LogP contribution in [0.25, 0.3) is 0 Å². The average Bonchev–Trinajstić information content (AvgIpc) is 2.96. The van der Waals surface area contributed by atoms with Crippen LogP contribution in [0.4, 0.5) is 0 Å². The molecule has 46 heavy (non-hydrogen) atoms. The normalized spacial score (nSPS) is 19.2. The molecule has 0 N–H and O–H groups in total. The number of rotatable bonds is 6. The summed E-state index contributed by atoms with van der Waals surface area (Å²) < 4.78 is 2.12. The Bertz CT molecular complexity index is 1640. The van der Waals surface area contributed by atoms with E-state index in [0.29, 0.717) is 0 Å². The van der Waals surface area contributed by atoms with E-state index in [2.05, 4.69) is 129 Å². The lowest BCUT2D eigenvalue weighted by atomic mass is 9.69. The highest BCUT2D eigenvalue weighted by molar-refractivity contribution is 9.10. The molecule has 2 aromatic rings. The molecule has 0 heterocycles. The molecule has 2 unspecified atom stereocenters. The van der Waals surface area contributed by atoms with E-state index < -0.39 is 0 Å². The van der Waals surface area contributed by atoms with Crippen molar-refractivity contribution in [1.82, 2.24) is 0 Å². The summed E-state index contributed by atoms with van der Waals surface area (Å²) in [5.41, 5.74) is 4.75. The molecule has 0 aromatic heterocycles. The van der Waals surface area contributed by atoms with Crippen LogP contribution in [0.5, 0.6) is 0 Å². The molecule has 2 aliphatic rings. The van der Waals surface area contributed by atoms with Crippen molar-refractivity contribution in [3.8, 4) is 0 Å². The van der Waals surface area contributed by atoms with Gasteiger partial charge in [-0.3, -0.25) is 9.59 Å². The molecule has 244 valence electrons. The Hall–Kier alpha value is -2.82. The topological polar surface area (TPSA) is 34.1 Å². The summed E-state index contributed by atoms with van der Waals surface area (Å²) in [6.45, 7) is 28.6. The summed E-state index contributed by atoms with van der Waals surface area (Å²) in [5.74, 6) is 0.486. The molecule has 2 aliphatic carbocycles. The first-order valence-corrected chi connectivity index (χ1v) is 17.5. The van der Waals surface area contributed by atoms with Crippen LogP contribution in [0.2, 0.25) is 0 Å². The Kier molecular flexibility index (Phi) is 11.6. The number of ketones is 2. The van der Waals surface area contributed by atoms with Gasteiger partial charge in [0.05, 0.1) is 0 Å². The summed E-state index contributed by atoms with van der Waals surface area (Å²) in [6.07, 6.45) is 12.2. The van der Waals surface area contributed by atoms with Crippen LogP contribution in [-0.4, -0.2) is 11.6 Å². The monoisotopic (exact) mass is 744 g/mol. The molecule has 0 amide bonds. The average molecular weight is 747 g/mol. The predicted molar refractivity (Wildman–Crippen MR) is 203 cm³/mol. The molecule has 0 saturated carbocycles. The van der Waals surface area contributed by atoms with Gasteiger partial charge in [0.2, 0.25) is 0 Å². The highest BCUT2D eigenvalue weighted by Gasteiger charge is 2.37. The molecule has 0 aliphatic heterocycles. The number of hydrogen-bond donors (Lipinski definition) is 0. The van der Waals surface area contributed by atoms with Gasteiger partial charge < -0.3 is 0 Å². The number of Topliss-reactive ketones (excluding diaryl/α,β-unsaturated/α-hetero) is 2. The van der Waals surface area contributed by atoms with Crippen LogP contribution in [0.3, 0.4) is 0 Å². The van der Waals surface area contributed by atoms with Gasteiger partial charge in [0.15, 0.2) is 11.6 Å². The van der Waals surface area contributed by atoms with E-state index in [4.69, 9.17) is 0 Å². The van der Waals surface area contributed by atoms with Gasteiger partial charge in [0, 0.05) is 53.9 Å². The van der Waals surface area contributed by atoms with E-state index in [1.54, 1.807) is 0 Å². The summed E-state index contributed by atoms with van der Waals surface area (Å²) >= 11 is 7.18. The van der Waals surface area contributed by atoms with Gasteiger partial charge in [-0.25, -0.2) is 0 Å². The van der Waals surface area contributed by atoms with Crippen molar-refractivity contribution < 1.29 is 9.59 Å². The van der Waals surface area contributed by atoms with Crippen LogP contribution < -0.4 is 0 Å². The molecule has 4 heteroatoms. The zero-order valence-corrected chi connectivity index (χ0v) is 32.4. The quantitative estimate of drug-likeness (QED) is 0.276. The van der Waals surface area contributed by atoms with Gasteiger partial charge in [-0.15, -0.1) is 13.2 Å². The zero-order valence-electron chi connectivity index (χ0n) is 29.2. The summed E-state index contributed by atoms with van der Waals surface area (Å²) in [7, 11) is 0. The second-order valence-electron chi connectivity index (χ2n) is 15.5. The third kappa shape index (κ3) is 8.55. The van der Waals surface area contributed by atoms with Crippen molar-refractivity contribution in [2.24, 2.45) is 21.7 Å². The first-order chi connectivity index (χ1) is 21.1. The van der Waals surface area contributed by atoms with Gasteiger partial charge in [0.25, 0.3) is 0 Å². The third-order valence-electron chi connectivity index (χ3n) is 8.89. The maximum absolute atomic E-state index is 13.0. The van der Waals surface area contributed by atoms with Gasteiger partial charge in [-0.2, -0.15) is 0 Å². The van der Waals surface area contributed by atoms with E-state index in [1.165, 1.54) is 11.1 Å². The highest BCUT2D eigenvalue weighted by Crippen LogP contribution is 2.44. The van der Waals surface area contributed by atoms with E-state index in [-0.39, 0.29) is 45.1 Å². The largest absolute Gasteiger partial charge is 0.289 e. The Morgan fingerprint density at radius 3 is 1.46 bits per heavy atom. The Morgan fingerprint density at radius 1 is 0.587 bits per heavy atom. The summed E-state index contributed by atoms with van der Waals surface area (Å²) in [6, 6.07) is 16.5. The number of carbonyl (C=O) groups excluding carboxylic acids is 2.